The molecule has 128 valence electrons. The zero-order valence-electron chi connectivity index (χ0n) is 13.8. The summed E-state index contributed by atoms with van der Waals surface area (Å²) < 4.78 is 10.8. The van der Waals surface area contributed by atoms with Crippen molar-refractivity contribution in [1.82, 2.24) is 10.3 Å². The van der Waals surface area contributed by atoms with Gasteiger partial charge >= 0.3 is 0 Å². The van der Waals surface area contributed by atoms with E-state index in [-0.39, 0.29) is 12.0 Å². The Morgan fingerprint density at radius 2 is 2.38 bits per heavy atom. The van der Waals surface area contributed by atoms with E-state index < -0.39 is 0 Å². The largest absolute Gasteiger partial charge is 0.495 e. The van der Waals surface area contributed by atoms with Crippen LogP contribution in [0, 0.1) is 6.92 Å². The molecule has 2 aromatic rings. The number of carbonyl (C=O) groups excluding carboxylic acids is 1. The number of hydrogen-bond donors (Lipinski definition) is 2. The second-order valence-corrected chi connectivity index (χ2v) is 6.57. The summed E-state index contributed by atoms with van der Waals surface area (Å²) in [5.74, 6) is 0.561. The van der Waals surface area contributed by atoms with Crippen LogP contribution >= 0.6 is 11.3 Å². The number of aromatic nitrogens is 1. The molecule has 1 aliphatic heterocycles. The van der Waals surface area contributed by atoms with Gasteiger partial charge in [0.1, 0.15) is 11.4 Å². The summed E-state index contributed by atoms with van der Waals surface area (Å²) in [5.41, 5.74) is 2.36. The predicted octanol–water partition coefficient (Wildman–Crippen LogP) is 3.11. The minimum absolute atomic E-state index is 0.127. The maximum atomic E-state index is 12.2. The molecule has 1 amide bonds. The van der Waals surface area contributed by atoms with E-state index in [0.717, 1.165) is 36.4 Å². The SMILES string of the molecule is COc1ccc(C)cc1Nc1nc(C(=O)NCC2CCCO2)cs1. The summed E-state index contributed by atoms with van der Waals surface area (Å²) in [5, 5.41) is 8.49. The van der Waals surface area contributed by atoms with E-state index in [9.17, 15) is 4.79 Å². The van der Waals surface area contributed by atoms with E-state index in [4.69, 9.17) is 9.47 Å². The Labute approximate surface area is 145 Å². The number of nitrogens with zero attached hydrogens (tertiary/aromatic N) is 1. The highest BCUT2D eigenvalue weighted by Crippen LogP contribution is 2.29. The van der Waals surface area contributed by atoms with Crippen LogP contribution in [0.1, 0.15) is 28.9 Å². The third-order valence-corrected chi connectivity index (χ3v) is 4.61. The fourth-order valence-corrected chi connectivity index (χ4v) is 3.28. The highest BCUT2D eigenvalue weighted by molar-refractivity contribution is 7.14. The number of methoxy groups -OCH3 is 1. The Morgan fingerprint density at radius 1 is 1.50 bits per heavy atom. The smallest absolute Gasteiger partial charge is 0.270 e. The molecule has 2 heterocycles. The standard InChI is InChI=1S/C17H21N3O3S/c1-11-5-6-15(22-2)13(8-11)19-17-20-14(10-24-17)16(21)18-9-12-4-3-7-23-12/h5-6,8,10,12H,3-4,7,9H2,1-2H3,(H,18,21)(H,19,20). The lowest BCUT2D eigenvalue weighted by Crippen LogP contribution is -2.31. The van der Waals surface area contributed by atoms with E-state index in [0.29, 0.717) is 17.4 Å². The first kappa shape index (κ1) is 16.7. The van der Waals surface area contributed by atoms with Crippen LogP contribution in [-0.4, -0.2) is 37.3 Å². The number of aryl methyl sites for hydroxylation is 1. The van der Waals surface area contributed by atoms with Gasteiger partial charge in [0, 0.05) is 18.5 Å². The van der Waals surface area contributed by atoms with Crippen molar-refractivity contribution in [2.75, 3.05) is 25.6 Å². The van der Waals surface area contributed by atoms with Crippen molar-refractivity contribution < 1.29 is 14.3 Å². The average molecular weight is 347 g/mol. The molecule has 6 nitrogen and oxygen atoms in total. The summed E-state index contributed by atoms with van der Waals surface area (Å²) in [7, 11) is 1.63. The van der Waals surface area contributed by atoms with E-state index >= 15 is 0 Å². The molecule has 1 fully saturated rings. The van der Waals surface area contributed by atoms with Crippen molar-refractivity contribution in [2.45, 2.75) is 25.9 Å². The minimum atomic E-state index is -0.175. The highest BCUT2D eigenvalue weighted by atomic mass is 32.1. The highest BCUT2D eigenvalue weighted by Gasteiger charge is 2.18. The first-order valence-corrected chi connectivity index (χ1v) is 8.80. The number of carbonyl (C=O) groups is 1. The summed E-state index contributed by atoms with van der Waals surface area (Å²) in [6.45, 7) is 3.32. The van der Waals surface area contributed by atoms with Gasteiger partial charge in [-0.3, -0.25) is 4.79 Å². The molecule has 0 radical (unpaired) electrons. The molecule has 7 heteroatoms. The Kier molecular flexibility index (Phi) is 5.32. The quantitative estimate of drug-likeness (QED) is 0.840. The van der Waals surface area contributed by atoms with Gasteiger partial charge in [-0.05, 0) is 37.5 Å². The van der Waals surface area contributed by atoms with Gasteiger partial charge in [-0.25, -0.2) is 4.98 Å². The first-order valence-electron chi connectivity index (χ1n) is 7.92. The van der Waals surface area contributed by atoms with Crippen molar-refractivity contribution in [1.29, 1.82) is 0 Å². The summed E-state index contributed by atoms with van der Waals surface area (Å²) in [6, 6.07) is 5.87. The predicted molar refractivity (Wildman–Crippen MR) is 94.4 cm³/mol. The van der Waals surface area contributed by atoms with Gasteiger partial charge in [-0.1, -0.05) is 6.07 Å². The maximum Gasteiger partial charge on any atom is 0.270 e. The number of rotatable bonds is 6. The molecule has 1 unspecified atom stereocenters. The number of benzene rings is 1. The van der Waals surface area contributed by atoms with E-state index in [1.807, 2.05) is 25.1 Å². The van der Waals surface area contributed by atoms with Gasteiger partial charge in [0.2, 0.25) is 0 Å². The molecule has 3 rings (SSSR count). The molecule has 24 heavy (non-hydrogen) atoms. The van der Waals surface area contributed by atoms with Gasteiger partial charge in [-0.2, -0.15) is 0 Å². The third kappa shape index (κ3) is 4.04. The Bertz CT molecular complexity index is 711. The van der Waals surface area contributed by atoms with Crippen molar-refractivity contribution in [2.24, 2.45) is 0 Å². The van der Waals surface area contributed by atoms with Crippen molar-refractivity contribution in [3.63, 3.8) is 0 Å². The van der Waals surface area contributed by atoms with Gasteiger partial charge < -0.3 is 20.1 Å². The minimum Gasteiger partial charge on any atom is -0.495 e. The number of nitrogens with one attached hydrogen (secondary N) is 2. The third-order valence-electron chi connectivity index (χ3n) is 3.85. The fourth-order valence-electron chi connectivity index (χ4n) is 2.57. The molecule has 0 saturated carbocycles. The van der Waals surface area contributed by atoms with Crippen molar-refractivity contribution >= 4 is 28.1 Å². The lowest BCUT2D eigenvalue weighted by atomic mass is 10.2. The van der Waals surface area contributed by atoms with Crippen LogP contribution in [0.15, 0.2) is 23.6 Å². The van der Waals surface area contributed by atoms with Gasteiger partial charge in [-0.15, -0.1) is 11.3 Å². The lowest BCUT2D eigenvalue weighted by Gasteiger charge is -2.10. The molecule has 1 aromatic heterocycles. The van der Waals surface area contributed by atoms with Crippen LogP contribution in [0.5, 0.6) is 5.75 Å². The topological polar surface area (TPSA) is 72.5 Å². The van der Waals surface area contributed by atoms with Crippen LogP contribution < -0.4 is 15.4 Å². The second-order valence-electron chi connectivity index (χ2n) is 5.71. The second kappa shape index (κ2) is 7.63. The number of thiazole rings is 1. The number of anilines is 2. The van der Waals surface area contributed by atoms with Crippen LogP contribution in [0.3, 0.4) is 0 Å². The van der Waals surface area contributed by atoms with Crippen LogP contribution in [-0.2, 0) is 4.74 Å². The number of amides is 1. The zero-order valence-corrected chi connectivity index (χ0v) is 14.6. The van der Waals surface area contributed by atoms with Crippen LogP contribution in [0.4, 0.5) is 10.8 Å². The van der Waals surface area contributed by atoms with Gasteiger partial charge in [0.25, 0.3) is 5.91 Å². The molecule has 0 spiro atoms. The van der Waals surface area contributed by atoms with Crippen molar-refractivity contribution in [3.8, 4) is 5.75 Å². The fraction of sp³-hybridized carbons (Fsp3) is 0.412. The van der Waals surface area contributed by atoms with Gasteiger partial charge in [0.05, 0.1) is 18.9 Å². The normalized spacial score (nSPS) is 16.8. The van der Waals surface area contributed by atoms with Crippen LogP contribution in [0.25, 0.3) is 0 Å². The monoisotopic (exact) mass is 347 g/mol. The summed E-state index contributed by atoms with van der Waals surface area (Å²) in [6.07, 6.45) is 2.18. The maximum absolute atomic E-state index is 12.2. The summed E-state index contributed by atoms with van der Waals surface area (Å²) >= 11 is 1.39. The molecular weight excluding hydrogens is 326 g/mol. The van der Waals surface area contributed by atoms with Crippen LogP contribution in [0.2, 0.25) is 0 Å². The first-order chi connectivity index (χ1) is 11.7. The van der Waals surface area contributed by atoms with Gasteiger partial charge in [0.15, 0.2) is 5.13 Å². The molecule has 1 aliphatic rings. The molecule has 1 saturated heterocycles. The Hall–Kier alpha value is -2.12. The number of ether oxygens (including phenoxy) is 2. The molecule has 0 aliphatic carbocycles. The van der Waals surface area contributed by atoms with E-state index in [1.54, 1.807) is 12.5 Å². The molecule has 1 aromatic carbocycles. The van der Waals surface area contributed by atoms with E-state index in [1.165, 1.54) is 11.3 Å². The lowest BCUT2D eigenvalue weighted by molar-refractivity contribution is 0.0854. The number of hydrogen-bond acceptors (Lipinski definition) is 6. The molecule has 0 bridgehead atoms. The zero-order chi connectivity index (χ0) is 16.9. The molecule has 2 N–H and O–H groups in total. The van der Waals surface area contributed by atoms with E-state index in [2.05, 4.69) is 15.6 Å². The summed E-state index contributed by atoms with van der Waals surface area (Å²) in [4.78, 5) is 16.5. The van der Waals surface area contributed by atoms with Crippen molar-refractivity contribution in [3.05, 3.63) is 34.8 Å². The molecular formula is C17H21N3O3S. The molecule has 1 atom stereocenters. The Morgan fingerprint density at radius 3 is 3.12 bits per heavy atom. The average Bonchev–Trinajstić information content (AvgIpc) is 3.24. The Balaban J connectivity index is 1.62.